The van der Waals surface area contributed by atoms with Crippen molar-refractivity contribution < 1.29 is 14.3 Å². The van der Waals surface area contributed by atoms with E-state index >= 15 is 0 Å². The minimum absolute atomic E-state index is 0.0633. The number of carbonyl (C=O) groups is 1. The van der Waals surface area contributed by atoms with Crippen molar-refractivity contribution in [1.29, 1.82) is 0 Å². The van der Waals surface area contributed by atoms with E-state index in [1.54, 1.807) is 17.0 Å². The van der Waals surface area contributed by atoms with E-state index in [4.69, 9.17) is 0 Å². The van der Waals surface area contributed by atoms with Crippen molar-refractivity contribution in [2.45, 2.75) is 32.2 Å². The lowest BCUT2D eigenvalue weighted by Gasteiger charge is -2.37. The molecule has 2 rings (SSSR count). The van der Waals surface area contributed by atoms with Crippen LogP contribution in [0.25, 0.3) is 0 Å². The fourth-order valence-electron chi connectivity index (χ4n) is 2.62. The van der Waals surface area contributed by atoms with Crippen molar-refractivity contribution >= 4 is 21.8 Å². The molecule has 5 heteroatoms. The number of carbonyl (C=O) groups excluding carboxylic acids is 1. The molecular formula is C15H19BrFNO2. The average Bonchev–Trinajstić information content (AvgIpc) is 2.43. The maximum Gasteiger partial charge on any atom is 0.227 e. The molecule has 1 fully saturated rings. The molecule has 0 saturated carbocycles. The molecule has 0 aliphatic carbocycles. The van der Waals surface area contributed by atoms with Crippen LogP contribution >= 0.6 is 15.9 Å². The Morgan fingerprint density at radius 2 is 2.25 bits per heavy atom. The summed E-state index contributed by atoms with van der Waals surface area (Å²) in [6.45, 7) is 2.66. The van der Waals surface area contributed by atoms with E-state index in [0.29, 0.717) is 12.1 Å². The van der Waals surface area contributed by atoms with E-state index in [-0.39, 0.29) is 36.7 Å². The van der Waals surface area contributed by atoms with Crippen LogP contribution in [0.5, 0.6) is 0 Å². The van der Waals surface area contributed by atoms with Crippen LogP contribution in [0.15, 0.2) is 22.7 Å². The van der Waals surface area contributed by atoms with Gasteiger partial charge in [-0.05, 0) is 49.4 Å². The lowest BCUT2D eigenvalue weighted by atomic mass is 9.93. The van der Waals surface area contributed by atoms with Gasteiger partial charge in [0.2, 0.25) is 5.91 Å². The number of aliphatic hydroxyl groups excluding tert-OH is 1. The summed E-state index contributed by atoms with van der Waals surface area (Å²) in [7, 11) is 0. The molecule has 1 N–H and O–H groups in total. The van der Waals surface area contributed by atoms with E-state index < -0.39 is 0 Å². The lowest BCUT2D eigenvalue weighted by molar-refractivity contribution is -0.135. The van der Waals surface area contributed by atoms with Crippen molar-refractivity contribution in [3.8, 4) is 0 Å². The van der Waals surface area contributed by atoms with Gasteiger partial charge in [0.1, 0.15) is 5.82 Å². The molecule has 1 aliphatic rings. The van der Waals surface area contributed by atoms with Gasteiger partial charge < -0.3 is 10.0 Å². The first kappa shape index (κ1) is 15.4. The van der Waals surface area contributed by atoms with Gasteiger partial charge >= 0.3 is 0 Å². The second-order valence-corrected chi connectivity index (χ2v) is 6.35. The van der Waals surface area contributed by atoms with E-state index in [1.807, 2.05) is 6.92 Å². The number of piperidine rings is 1. The van der Waals surface area contributed by atoms with Crippen molar-refractivity contribution in [1.82, 2.24) is 4.90 Å². The molecule has 0 bridgehead atoms. The van der Waals surface area contributed by atoms with Crippen molar-refractivity contribution in [2.24, 2.45) is 5.92 Å². The Bertz CT molecular complexity index is 495. The molecule has 20 heavy (non-hydrogen) atoms. The molecule has 0 spiro atoms. The summed E-state index contributed by atoms with van der Waals surface area (Å²) in [5, 5.41) is 9.24. The summed E-state index contributed by atoms with van der Waals surface area (Å²) in [6, 6.07) is 4.78. The topological polar surface area (TPSA) is 40.5 Å². The van der Waals surface area contributed by atoms with Crippen LogP contribution in [-0.2, 0) is 11.2 Å². The van der Waals surface area contributed by atoms with Crippen LogP contribution in [0.4, 0.5) is 4.39 Å². The fraction of sp³-hybridized carbons (Fsp3) is 0.533. The Labute approximate surface area is 126 Å². The molecular weight excluding hydrogens is 325 g/mol. The first-order valence-electron chi connectivity index (χ1n) is 6.85. The van der Waals surface area contributed by atoms with Gasteiger partial charge in [-0.3, -0.25) is 4.79 Å². The van der Waals surface area contributed by atoms with Crippen LogP contribution in [-0.4, -0.2) is 35.1 Å². The smallest absolute Gasteiger partial charge is 0.227 e. The number of benzene rings is 1. The summed E-state index contributed by atoms with van der Waals surface area (Å²) < 4.78 is 14.5. The molecule has 1 aromatic rings. The number of aliphatic hydroxyl groups is 1. The predicted octanol–water partition coefficient (Wildman–Crippen LogP) is 2.75. The highest BCUT2D eigenvalue weighted by atomic mass is 79.9. The molecule has 1 aromatic carbocycles. The number of likely N-dealkylation sites (tertiary alicyclic amines) is 1. The number of nitrogens with zero attached hydrogens (tertiary/aromatic N) is 1. The Kier molecular flexibility index (Phi) is 5.16. The molecule has 110 valence electrons. The van der Waals surface area contributed by atoms with Crippen molar-refractivity contribution in [2.75, 3.05) is 13.2 Å². The molecule has 2 unspecified atom stereocenters. The number of halogens is 2. The minimum atomic E-state index is -0.357. The van der Waals surface area contributed by atoms with Crippen molar-refractivity contribution in [3.63, 3.8) is 0 Å². The van der Waals surface area contributed by atoms with Gasteiger partial charge in [-0.15, -0.1) is 0 Å². The Morgan fingerprint density at radius 1 is 1.50 bits per heavy atom. The van der Waals surface area contributed by atoms with Crippen LogP contribution in [0.3, 0.4) is 0 Å². The first-order chi connectivity index (χ1) is 9.51. The van der Waals surface area contributed by atoms with E-state index in [9.17, 15) is 14.3 Å². The molecule has 3 nitrogen and oxygen atoms in total. The van der Waals surface area contributed by atoms with E-state index in [1.165, 1.54) is 6.07 Å². The predicted molar refractivity (Wildman–Crippen MR) is 78.8 cm³/mol. The van der Waals surface area contributed by atoms with Crippen LogP contribution in [0.1, 0.15) is 25.3 Å². The average molecular weight is 344 g/mol. The normalized spacial score (nSPS) is 22.9. The number of amides is 1. The van der Waals surface area contributed by atoms with Crippen LogP contribution < -0.4 is 0 Å². The number of hydrogen-bond acceptors (Lipinski definition) is 2. The maximum atomic E-state index is 13.7. The van der Waals surface area contributed by atoms with E-state index in [2.05, 4.69) is 15.9 Å². The molecule has 1 saturated heterocycles. The summed E-state index contributed by atoms with van der Waals surface area (Å²) in [5.41, 5.74) is 0.405. The third-order valence-electron chi connectivity index (χ3n) is 3.91. The first-order valence-corrected chi connectivity index (χ1v) is 7.64. The van der Waals surface area contributed by atoms with Gasteiger partial charge in [-0.2, -0.15) is 0 Å². The van der Waals surface area contributed by atoms with Gasteiger partial charge in [0.05, 0.1) is 6.42 Å². The summed E-state index contributed by atoms with van der Waals surface area (Å²) in [5.74, 6) is -0.292. The molecule has 0 aromatic heterocycles. The zero-order chi connectivity index (χ0) is 14.7. The van der Waals surface area contributed by atoms with Crippen LogP contribution in [0, 0.1) is 11.7 Å². The third-order valence-corrected chi connectivity index (χ3v) is 4.40. The summed E-state index contributed by atoms with van der Waals surface area (Å²) in [4.78, 5) is 14.1. The van der Waals surface area contributed by atoms with E-state index in [0.717, 1.165) is 17.3 Å². The van der Waals surface area contributed by atoms with Gasteiger partial charge in [0, 0.05) is 23.7 Å². The highest BCUT2D eigenvalue weighted by Gasteiger charge is 2.28. The molecule has 1 aliphatic heterocycles. The highest BCUT2D eigenvalue weighted by Crippen LogP contribution is 2.23. The Hall–Kier alpha value is -0.940. The second-order valence-electron chi connectivity index (χ2n) is 5.43. The van der Waals surface area contributed by atoms with Crippen molar-refractivity contribution in [3.05, 3.63) is 34.1 Å². The van der Waals surface area contributed by atoms with Gasteiger partial charge in [0.15, 0.2) is 0 Å². The summed E-state index contributed by atoms with van der Waals surface area (Å²) in [6.07, 6.45) is 1.89. The largest absolute Gasteiger partial charge is 0.396 e. The zero-order valence-electron chi connectivity index (χ0n) is 11.5. The Morgan fingerprint density at radius 3 is 2.95 bits per heavy atom. The third kappa shape index (κ3) is 3.58. The molecule has 2 atom stereocenters. The number of hydrogen-bond donors (Lipinski definition) is 1. The van der Waals surface area contributed by atoms with Gasteiger partial charge in [0.25, 0.3) is 0 Å². The molecule has 1 heterocycles. The van der Waals surface area contributed by atoms with Crippen LogP contribution in [0.2, 0.25) is 0 Å². The quantitative estimate of drug-likeness (QED) is 0.916. The monoisotopic (exact) mass is 343 g/mol. The maximum absolute atomic E-state index is 13.7. The zero-order valence-corrected chi connectivity index (χ0v) is 13.1. The molecule has 0 radical (unpaired) electrons. The Balaban J connectivity index is 2.08. The second kappa shape index (κ2) is 6.68. The summed E-state index contributed by atoms with van der Waals surface area (Å²) >= 11 is 3.29. The lowest BCUT2D eigenvalue weighted by Crippen LogP contribution is -2.47. The highest BCUT2D eigenvalue weighted by molar-refractivity contribution is 9.10. The standard InChI is InChI=1S/C15H19BrFNO2/c1-10-2-3-11(9-19)8-18(10)15(20)7-12-6-13(16)4-5-14(12)17/h4-6,10-11,19H,2-3,7-9H2,1H3. The fourth-order valence-corrected chi connectivity index (χ4v) is 3.03. The van der Waals surface area contributed by atoms with Gasteiger partial charge in [-0.25, -0.2) is 4.39 Å². The SMILES string of the molecule is CC1CCC(CO)CN1C(=O)Cc1cc(Br)ccc1F. The minimum Gasteiger partial charge on any atom is -0.396 e. The van der Waals surface area contributed by atoms with Gasteiger partial charge in [-0.1, -0.05) is 15.9 Å². The molecule has 1 amide bonds. The number of rotatable bonds is 3.